The lowest BCUT2D eigenvalue weighted by atomic mass is 10.1. The molecule has 0 N–H and O–H groups in total. The minimum atomic E-state index is -0.674. The van der Waals surface area contributed by atoms with E-state index in [1.165, 1.54) is 0 Å². The van der Waals surface area contributed by atoms with Crippen molar-refractivity contribution in [3.05, 3.63) is 35.9 Å². The number of aliphatic imine (C=N–C) groups is 2. The molecule has 0 saturated heterocycles. The molecule has 17 heavy (non-hydrogen) atoms. The van der Waals surface area contributed by atoms with Gasteiger partial charge >= 0.3 is 12.0 Å². The van der Waals surface area contributed by atoms with Gasteiger partial charge in [0, 0.05) is 5.56 Å². The van der Waals surface area contributed by atoms with Gasteiger partial charge in [0.25, 0.3) is 0 Å². The van der Waals surface area contributed by atoms with Gasteiger partial charge in [0.15, 0.2) is 5.71 Å². The first-order valence-corrected chi connectivity index (χ1v) is 5.16. The number of ether oxygens (including phenoxy) is 1. The van der Waals surface area contributed by atoms with E-state index in [1.54, 1.807) is 31.2 Å². The summed E-state index contributed by atoms with van der Waals surface area (Å²) in [5.74, 6) is -0.624. The van der Waals surface area contributed by atoms with Crippen LogP contribution in [0.3, 0.4) is 0 Å². The Balaban J connectivity index is 2.35. The first-order valence-electron chi connectivity index (χ1n) is 5.16. The number of rotatable bonds is 3. The van der Waals surface area contributed by atoms with Crippen molar-refractivity contribution in [3.63, 3.8) is 0 Å². The Hall–Kier alpha value is -2.30. The fourth-order valence-corrected chi connectivity index (χ4v) is 1.46. The van der Waals surface area contributed by atoms with Gasteiger partial charge in [-0.3, -0.25) is 0 Å². The van der Waals surface area contributed by atoms with E-state index in [0.29, 0.717) is 5.56 Å². The van der Waals surface area contributed by atoms with E-state index in [2.05, 4.69) is 9.98 Å². The van der Waals surface area contributed by atoms with Crippen molar-refractivity contribution in [3.8, 4) is 0 Å². The van der Waals surface area contributed by atoms with Crippen molar-refractivity contribution in [1.29, 1.82) is 0 Å². The molecule has 0 atom stereocenters. The molecule has 5 heteroatoms. The Kier molecular flexibility index (Phi) is 3.09. The number of carbonyl (C=O) groups is 2. The molecule has 0 bridgehead atoms. The van der Waals surface area contributed by atoms with Gasteiger partial charge in [-0.2, -0.15) is 9.98 Å². The van der Waals surface area contributed by atoms with Crippen LogP contribution in [-0.4, -0.2) is 30.0 Å². The van der Waals surface area contributed by atoms with E-state index in [4.69, 9.17) is 4.74 Å². The van der Waals surface area contributed by atoms with E-state index >= 15 is 0 Å². The standard InChI is InChI=1S/C12H10N2O3/c1-2-17-11(15)10-9(13-12(16)14-10)8-6-4-3-5-7-8/h3-7H,2H2,1H3. The zero-order valence-corrected chi connectivity index (χ0v) is 9.21. The average Bonchev–Trinajstić information content (AvgIpc) is 2.73. The van der Waals surface area contributed by atoms with E-state index in [-0.39, 0.29) is 18.0 Å². The third-order valence-electron chi connectivity index (χ3n) is 2.16. The fraction of sp³-hybridized carbons (Fsp3) is 0.167. The quantitative estimate of drug-likeness (QED) is 0.741. The van der Waals surface area contributed by atoms with Gasteiger partial charge in [-0.15, -0.1) is 0 Å². The molecule has 1 aromatic rings. The summed E-state index contributed by atoms with van der Waals surface area (Å²) in [7, 11) is 0. The summed E-state index contributed by atoms with van der Waals surface area (Å²) >= 11 is 0. The van der Waals surface area contributed by atoms with Crippen molar-refractivity contribution in [2.45, 2.75) is 6.92 Å². The molecule has 86 valence electrons. The van der Waals surface area contributed by atoms with Crippen LogP contribution in [0, 0.1) is 0 Å². The molecule has 0 aromatic heterocycles. The molecule has 0 fully saturated rings. The van der Waals surface area contributed by atoms with Crippen molar-refractivity contribution < 1.29 is 14.3 Å². The summed E-state index contributed by atoms with van der Waals surface area (Å²) in [4.78, 5) is 30.0. The molecule has 0 spiro atoms. The minimum absolute atomic E-state index is 0.0250. The number of hydrogen-bond acceptors (Lipinski definition) is 3. The van der Waals surface area contributed by atoms with Crippen LogP contribution in [0.1, 0.15) is 12.5 Å². The van der Waals surface area contributed by atoms with E-state index in [0.717, 1.165) is 0 Å². The van der Waals surface area contributed by atoms with Crippen molar-refractivity contribution in [1.82, 2.24) is 0 Å². The smallest absolute Gasteiger partial charge is 0.368 e. The highest BCUT2D eigenvalue weighted by atomic mass is 16.5. The highest BCUT2D eigenvalue weighted by Gasteiger charge is 2.27. The van der Waals surface area contributed by atoms with E-state index < -0.39 is 12.0 Å². The molecule has 5 nitrogen and oxygen atoms in total. The molecule has 0 unspecified atom stereocenters. The van der Waals surface area contributed by atoms with Crippen LogP contribution in [0.15, 0.2) is 40.3 Å². The molecular formula is C12H10N2O3. The maximum Gasteiger partial charge on any atom is 0.368 e. The van der Waals surface area contributed by atoms with Crippen LogP contribution in [0.5, 0.6) is 0 Å². The van der Waals surface area contributed by atoms with Crippen molar-refractivity contribution in [2.75, 3.05) is 6.61 Å². The Morgan fingerprint density at radius 3 is 2.59 bits per heavy atom. The lowest BCUT2D eigenvalue weighted by Gasteiger charge is -2.03. The normalized spacial score (nSPS) is 14.3. The fourth-order valence-electron chi connectivity index (χ4n) is 1.46. The van der Waals surface area contributed by atoms with E-state index in [9.17, 15) is 9.59 Å². The first kappa shape index (κ1) is 11.2. The summed E-state index contributed by atoms with van der Waals surface area (Å²) in [5.41, 5.74) is 0.919. The molecule has 1 aliphatic heterocycles. The maximum atomic E-state index is 11.6. The molecule has 0 saturated carbocycles. The molecule has 1 aromatic carbocycles. The van der Waals surface area contributed by atoms with Gasteiger partial charge in [0.05, 0.1) is 6.61 Å². The van der Waals surface area contributed by atoms with Crippen LogP contribution < -0.4 is 0 Å². The van der Waals surface area contributed by atoms with Gasteiger partial charge in [-0.25, -0.2) is 9.59 Å². The number of amides is 2. The van der Waals surface area contributed by atoms with Crippen LogP contribution in [0.25, 0.3) is 0 Å². The third kappa shape index (κ3) is 2.28. The van der Waals surface area contributed by atoms with Gasteiger partial charge in [-0.1, -0.05) is 30.3 Å². The lowest BCUT2D eigenvalue weighted by molar-refractivity contribution is -0.134. The van der Waals surface area contributed by atoms with Crippen LogP contribution in [-0.2, 0) is 9.53 Å². The van der Waals surface area contributed by atoms with Crippen LogP contribution in [0.2, 0.25) is 0 Å². The molecule has 1 aliphatic rings. The summed E-state index contributed by atoms with van der Waals surface area (Å²) in [6, 6.07) is 8.26. The largest absolute Gasteiger partial charge is 0.461 e. The van der Waals surface area contributed by atoms with Gasteiger partial charge < -0.3 is 4.74 Å². The number of hydrogen-bond donors (Lipinski definition) is 0. The maximum absolute atomic E-state index is 11.6. The number of urea groups is 1. The Labute approximate surface area is 97.8 Å². The van der Waals surface area contributed by atoms with Gasteiger partial charge in [0.1, 0.15) is 5.71 Å². The summed E-state index contributed by atoms with van der Waals surface area (Å²) in [6.45, 7) is 1.92. The lowest BCUT2D eigenvalue weighted by Crippen LogP contribution is -2.25. The number of benzene rings is 1. The molecule has 1 heterocycles. The summed E-state index contributed by atoms with van der Waals surface area (Å²) in [6.07, 6.45) is 0. The Bertz CT molecular complexity index is 518. The summed E-state index contributed by atoms with van der Waals surface area (Å²) < 4.78 is 4.82. The topological polar surface area (TPSA) is 68.1 Å². The number of carbonyl (C=O) groups excluding carboxylic acids is 2. The highest BCUT2D eigenvalue weighted by Crippen LogP contribution is 2.10. The zero-order valence-electron chi connectivity index (χ0n) is 9.21. The number of nitrogens with zero attached hydrogens (tertiary/aromatic N) is 2. The van der Waals surface area contributed by atoms with Gasteiger partial charge in [-0.05, 0) is 6.92 Å². The van der Waals surface area contributed by atoms with Crippen molar-refractivity contribution in [2.24, 2.45) is 9.98 Å². The Morgan fingerprint density at radius 1 is 1.24 bits per heavy atom. The molecule has 0 aliphatic carbocycles. The summed E-state index contributed by atoms with van der Waals surface area (Å²) in [5, 5.41) is 0. The molecule has 2 amide bonds. The minimum Gasteiger partial charge on any atom is -0.461 e. The monoisotopic (exact) mass is 230 g/mol. The van der Waals surface area contributed by atoms with E-state index in [1.807, 2.05) is 6.07 Å². The third-order valence-corrected chi connectivity index (χ3v) is 2.16. The molecule has 2 rings (SSSR count). The Morgan fingerprint density at radius 2 is 1.94 bits per heavy atom. The van der Waals surface area contributed by atoms with Crippen LogP contribution in [0.4, 0.5) is 4.79 Å². The van der Waals surface area contributed by atoms with Gasteiger partial charge in [0.2, 0.25) is 0 Å². The molecular weight excluding hydrogens is 220 g/mol. The predicted molar refractivity (Wildman–Crippen MR) is 62.4 cm³/mol. The average molecular weight is 230 g/mol. The highest BCUT2D eigenvalue weighted by molar-refractivity contribution is 6.71. The second-order valence-corrected chi connectivity index (χ2v) is 3.29. The molecule has 0 radical (unpaired) electrons. The second-order valence-electron chi connectivity index (χ2n) is 3.29. The zero-order chi connectivity index (χ0) is 12.3. The van der Waals surface area contributed by atoms with Crippen LogP contribution >= 0.6 is 0 Å². The first-order chi connectivity index (χ1) is 8.22. The number of esters is 1. The van der Waals surface area contributed by atoms with Crippen molar-refractivity contribution >= 4 is 23.4 Å². The SMILES string of the molecule is CCOC(=O)C1=NC(=O)N=C1c1ccccc1. The predicted octanol–water partition coefficient (Wildman–Crippen LogP) is 1.61. The second kappa shape index (κ2) is 4.69.